The number of nitrogens with one attached hydrogen (secondary N) is 3. The number of rotatable bonds is 2. The molecule has 1 amide bonds. The molecule has 5 nitrogen and oxygen atoms in total. The third-order valence-electron chi connectivity index (χ3n) is 2.68. The molecular formula is C12H7Cl2N3O2S. The van der Waals surface area contributed by atoms with Crippen molar-refractivity contribution in [3.63, 3.8) is 0 Å². The van der Waals surface area contributed by atoms with E-state index in [0.29, 0.717) is 31.0 Å². The van der Waals surface area contributed by atoms with Crippen LogP contribution in [0.25, 0.3) is 11.0 Å². The van der Waals surface area contributed by atoms with Crippen molar-refractivity contribution in [3.05, 3.63) is 49.0 Å². The van der Waals surface area contributed by atoms with E-state index in [0.717, 1.165) is 11.3 Å². The molecule has 0 unspecified atom stereocenters. The predicted octanol–water partition coefficient (Wildman–Crippen LogP) is 3.48. The van der Waals surface area contributed by atoms with Gasteiger partial charge in [0.15, 0.2) is 0 Å². The second-order valence-electron chi connectivity index (χ2n) is 4.03. The maximum Gasteiger partial charge on any atom is 0.323 e. The summed E-state index contributed by atoms with van der Waals surface area (Å²) >= 11 is 12.9. The van der Waals surface area contributed by atoms with Crippen LogP contribution in [0.1, 0.15) is 10.4 Å². The molecule has 2 aromatic heterocycles. The van der Waals surface area contributed by atoms with Crippen molar-refractivity contribution in [1.82, 2.24) is 9.97 Å². The van der Waals surface area contributed by atoms with Crippen LogP contribution >= 0.6 is 34.5 Å². The summed E-state index contributed by atoms with van der Waals surface area (Å²) in [5.74, 6) is -0.351. The van der Waals surface area contributed by atoms with Crippen molar-refractivity contribution in [3.8, 4) is 0 Å². The molecule has 0 atom stereocenters. The quantitative estimate of drug-likeness (QED) is 0.673. The first kappa shape index (κ1) is 13.2. The Morgan fingerprint density at radius 1 is 1.15 bits per heavy atom. The van der Waals surface area contributed by atoms with E-state index in [1.165, 1.54) is 6.07 Å². The lowest BCUT2D eigenvalue weighted by Crippen LogP contribution is -2.11. The van der Waals surface area contributed by atoms with Gasteiger partial charge in [0.25, 0.3) is 5.91 Å². The molecular weight excluding hydrogens is 321 g/mol. The summed E-state index contributed by atoms with van der Waals surface area (Å²) in [6.07, 6.45) is 0. The van der Waals surface area contributed by atoms with Crippen molar-refractivity contribution in [2.75, 3.05) is 5.32 Å². The van der Waals surface area contributed by atoms with Crippen molar-refractivity contribution >= 4 is 57.2 Å². The minimum atomic E-state index is -0.351. The average Bonchev–Trinajstić information content (AvgIpc) is 2.90. The molecule has 102 valence electrons. The van der Waals surface area contributed by atoms with Crippen LogP contribution in [0, 0.1) is 0 Å². The average molecular weight is 328 g/mol. The highest BCUT2D eigenvalue weighted by Gasteiger charge is 2.14. The molecule has 8 heteroatoms. The van der Waals surface area contributed by atoms with Gasteiger partial charge in [-0.1, -0.05) is 23.2 Å². The summed E-state index contributed by atoms with van der Waals surface area (Å²) in [4.78, 5) is 28.5. The molecule has 0 aliphatic rings. The second kappa shape index (κ2) is 4.97. The summed E-state index contributed by atoms with van der Waals surface area (Å²) < 4.78 is 0.786. The number of imidazole rings is 1. The number of H-pyrrole nitrogens is 2. The number of anilines is 1. The van der Waals surface area contributed by atoms with Crippen LogP contribution in [0.3, 0.4) is 0 Å². The van der Waals surface area contributed by atoms with Crippen LogP contribution in [0.2, 0.25) is 8.67 Å². The van der Waals surface area contributed by atoms with Crippen LogP contribution < -0.4 is 11.0 Å². The summed E-state index contributed by atoms with van der Waals surface area (Å²) in [6.45, 7) is 0. The van der Waals surface area contributed by atoms with Crippen LogP contribution in [-0.2, 0) is 0 Å². The zero-order chi connectivity index (χ0) is 14.3. The van der Waals surface area contributed by atoms with Crippen LogP contribution in [0.15, 0.2) is 29.1 Å². The number of benzene rings is 1. The van der Waals surface area contributed by atoms with Gasteiger partial charge in [0.1, 0.15) is 4.34 Å². The minimum absolute atomic E-state index is 0.295. The molecule has 0 bridgehead atoms. The smallest absolute Gasteiger partial charge is 0.322 e. The van der Waals surface area contributed by atoms with E-state index < -0.39 is 0 Å². The highest BCUT2D eigenvalue weighted by molar-refractivity contribution is 7.20. The van der Waals surface area contributed by atoms with E-state index in [9.17, 15) is 9.59 Å². The molecule has 0 spiro atoms. The van der Waals surface area contributed by atoms with Crippen molar-refractivity contribution < 1.29 is 4.79 Å². The number of hydrogen-bond donors (Lipinski definition) is 3. The summed E-state index contributed by atoms with van der Waals surface area (Å²) in [7, 11) is 0. The van der Waals surface area contributed by atoms with E-state index in [-0.39, 0.29) is 11.6 Å². The van der Waals surface area contributed by atoms with Crippen molar-refractivity contribution in [1.29, 1.82) is 0 Å². The van der Waals surface area contributed by atoms with Crippen molar-refractivity contribution in [2.24, 2.45) is 0 Å². The Kier molecular flexibility index (Phi) is 3.29. The molecule has 1 aromatic carbocycles. The Bertz CT molecular complexity index is 865. The lowest BCUT2D eigenvalue weighted by Gasteiger charge is -2.04. The third kappa shape index (κ3) is 2.45. The zero-order valence-corrected chi connectivity index (χ0v) is 12.1. The molecule has 0 saturated heterocycles. The van der Waals surface area contributed by atoms with E-state index >= 15 is 0 Å². The normalized spacial score (nSPS) is 10.9. The second-order valence-corrected chi connectivity index (χ2v) is 6.32. The Morgan fingerprint density at radius 2 is 1.90 bits per heavy atom. The summed E-state index contributed by atoms with van der Waals surface area (Å²) in [6, 6.07) is 6.56. The van der Waals surface area contributed by atoms with E-state index in [1.807, 2.05) is 0 Å². The number of halogens is 2. The van der Waals surface area contributed by atoms with Gasteiger partial charge in [0, 0.05) is 5.69 Å². The van der Waals surface area contributed by atoms with E-state index in [4.69, 9.17) is 23.2 Å². The monoisotopic (exact) mass is 327 g/mol. The first-order valence-corrected chi connectivity index (χ1v) is 7.08. The van der Waals surface area contributed by atoms with Gasteiger partial charge < -0.3 is 15.3 Å². The molecule has 3 aromatic rings. The number of carbonyl (C=O) groups excluding carboxylic acids is 1. The van der Waals surface area contributed by atoms with Gasteiger partial charge in [-0.05, 0) is 24.3 Å². The number of hydrogen-bond acceptors (Lipinski definition) is 3. The molecule has 0 fully saturated rings. The van der Waals surface area contributed by atoms with Gasteiger partial charge in [0.2, 0.25) is 0 Å². The lowest BCUT2D eigenvalue weighted by atomic mass is 10.2. The van der Waals surface area contributed by atoms with Gasteiger partial charge in [0.05, 0.1) is 20.9 Å². The molecule has 3 rings (SSSR count). The number of aromatic amines is 2. The third-order valence-corrected chi connectivity index (χ3v) is 4.16. The Balaban J connectivity index is 1.90. The molecule has 2 heterocycles. The van der Waals surface area contributed by atoms with Gasteiger partial charge in [-0.15, -0.1) is 11.3 Å². The summed E-state index contributed by atoms with van der Waals surface area (Å²) in [5.41, 5.74) is 1.86. The van der Waals surface area contributed by atoms with Crippen LogP contribution in [0.4, 0.5) is 5.69 Å². The molecule has 0 saturated carbocycles. The van der Waals surface area contributed by atoms with Crippen molar-refractivity contribution in [2.45, 2.75) is 0 Å². The summed E-state index contributed by atoms with van der Waals surface area (Å²) in [5, 5.41) is 2.70. The topological polar surface area (TPSA) is 77.8 Å². The van der Waals surface area contributed by atoms with Gasteiger partial charge in [-0.3, -0.25) is 4.79 Å². The van der Waals surface area contributed by atoms with Crippen LogP contribution in [-0.4, -0.2) is 15.9 Å². The highest BCUT2D eigenvalue weighted by atomic mass is 35.5. The first-order chi connectivity index (χ1) is 9.52. The van der Waals surface area contributed by atoms with Crippen LogP contribution in [0.5, 0.6) is 0 Å². The molecule has 20 heavy (non-hydrogen) atoms. The minimum Gasteiger partial charge on any atom is -0.322 e. The molecule has 0 radical (unpaired) electrons. The van der Waals surface area contributed by atoms with Gasteiger partial charge >= 0.3 is 5.69 Å². The maximum atomic E-state index is 12.1. The molecule has 0 aliphatic carbocycles. The highest BCUT2D eigenvalue weighted by Crippen LogP contribution is 2.31. The maximum absolute atomic E-state index is 12.1. The number of aromatic nitrogens is 2. The SMILES string of the molecule is O=C(Nc1ccc2[nH]c(=O)[nH]c2c1)c1cc(Cl)sc1Cl. The lowest BCUT2D eigenvalue weighted by molar-refractivity contribution is 0.102. The largest absolute Gasteiger partial charge is 0.323 e. The first-order valence-electron chi connectivity index (χ1n) is 5.51. The fourth-order valence-electron chi connectivity index (χ4n) is 1.80. The van der Waals surface area contributed by atoms with E-state index in [2.05, 4.69) is 15.3 Å². The standard InChI is InChI=1S/C12H7Cl2N3O2S/c13-9-4-6(10(14)20-9)11(18)15-5-1-2-7-8(3-5)17-12(19)16-7/h1-4H,(H,15,18)(H2,16,17,19). The van der Waals surface area contributed by atoms with E-state index in [1.54, 1.807) is 18.2 Å². The van der Waals surface area contributed by atoms with Gasteiger partial charge in [-0.2, -0.15) is 0 Å². The Labute approximate surface area is 126 Å². The number of carbonyl (C=O) groups is 1. The fraction of sp³-hybridized carbons (Fsp3) is 0. The Morgan fingerprint density at radius 3 is 2.60 bits per heavy atom. The zero-order valence-electron chi connectivity index (χ0n) is 9.79. The number of amides is 1. The van der Waals surface area contributed by atoms with Gasteiger partial charge in [-0.25, -0.2) is 4.79 Å². The fourth-order valence-corrected chi connectivity index (χ4v) is 3.26. The number of thiophene rings is 1. The molecule has 0 aliphatic heterocycles. The number of fused-ring (bicyclic) bond motifs is 1. The Hall–Kier alpha value is -1.76. The predicted molar refractivity (Wildman–Crippen MR) is 81.2 cm³/mol. The molecule has 3 N–H and O–H groups in total.